The summed E-state index contributed by atoms with van der Waals surface area (Å²) in [5.41, 5.74) is 12.3. The van der Waals surface area contributed by atoms with E-state index < -0.39 is 6.85 Å². The number of furan rings is 1. The van der Waals surface area contributed by atoms with Crippen molar-refractivity contribution in [1.82, 2.24) is 9.55 Å². The second kappa shape index (κ2) is 10.6. The summed E-state index contributed by atoms with van der Waals surface area (Å²) in [5.74, 6) is 0.812. The Bertz CT molecular complexity index is 2510. The van der Waals surface area contributed by atoms with E-state index in [-0.39, 0.29) is 5.41 Å². The highest BCUT2D eigenvalue weighted by Gasteiger charge is 2.24. The number of benzene rings is 6. The molecule has 8 rings (SSSR count). The van der Waals surface area contributed by atoms with Crippen molar-refractivity contribution in [3.05, 3.63) is 144 Å². The smallest absolute Gasteiger partial charge is 0.149 e. The molecule has 0 fully saturated rings. The molecule has 0 radical (unpaired) electrons. The lowest BCUT2D eigenvalue weighted by atomic mass is 9.85. The molecule has 3 heteroatoms. The first-order chi connectivity index (χ1) is 23.5. The summed E-state index contributed by atoms with van der Waals surface area (Å²) in [5, 5.41) is 2.08. The van der Waals surface area contributed by atoms with Gasteiger partial charge in [0.1, 0.15) is 17.0 Å². The molecule has 0 N–H and O–H groups in total. The third kappa shape index (κ3) is 4.62. The number of hydrogen-bond acceptors (Lipinski definition) is 2. The summed E-state index contributed by atoms with van der Waals surface area (Å²) >= 11 is 0. The van der Waals surface area contributed by atoms with E-state index >= 15 is 0 Å². The molecule has 0 aliphatic carbocycles. The van der Waals surface area contributed by atoms with Gasteiger partial charge in [-0.2, -0.15) is 0 Å². The van der Waals surface area contributed by atoms with Crippen LogP contribution < -0.4 is 0 Å². The highest BCUT2D eigenvalue weighted by molar-refractivity contribution is 6.12. The largest absolute Gasteiger partial charge is 0.455 e. The molecule has 0 unspecified atom stereocenters. The Kier molecular flexibility index (Phi) is 5.73. The Hall–Kier alpha value is -5.41. The van der Waals surface area contributed by atoms with E-state index in [4.69, 9.17) is 13.5 Å². The molecule has 0 spiro atoms. The number of para-hydroxylation sites is 2. The van der Waals surface area contributed by atoms with Gasteiger partial charge in [0.25, 0.3) is 0 Å². The maximum absolute atomic E-state index is 7.74. The molecule has 2 heterocycles. The topological polar surface area (TPSA) is 31.0 Å². The first-order valence-electron chi connectivity index (χ1n) is 17.2. The molecule has 3 nitrogen and oxygen atoms in total. The van der Waals surface area contributed by atoms with Gasteiger partial charge in [-0.3, -0.25) is 4.57 Å². The Morgan fingerprint density at radius 3 is 2.24 bits per heavy atom. The van der Waals surface area contributed by atoms with Gasteiger partial charge in [0.05, 0.1) is 22.3 Å². The predicted molar refractivity (Wildman–Crippen MR) is 193 cm³/mol. The lowest BCUT2D eigenvalue weighted by molar-refractivity contribution is 0.590. The lowest BCUT2D eigenvalue weighted by Gasteiger charge is -2.23. The van der Waals surface area contributed by atoms with E-state index in [1.807, 2.05) is 24.3 Å². The van der Waals surface area contributed by atoms with E-state index in [2.05, 4.69) is 123 Å². The average Bonchev–Trinajstić information content (AvgIpc) is 3.67. The van der Waals surface area contributed by atoms with Crippen LogP contribution in [0.1, 0.15) is 41.6 Å². The van der Waals surface area contributed by atoms with Gasteiger partial charge >= 0.3 is 0 Å². The maximum Gasteiger partial charge on any atom is 0.149 e. The quantitative estimate of drug-likeness (QED) is 0.201. The molecule has 0 saturated carbocycles. The first kappa shape index (κ1) is 24.9. The van der Waals surface area contributed by atoms with Gasteiger partial charge in [0.2, 0.25) is 0 Å². The summed E-state index contributed by atoms with van der Waals surface area (Å²) in [6.07, 6.45) is 0. The van der Waals surface area contributed by atoms with Crippen molar-refractivity contribution in [3.8, 4) is 39.3 Å². The number of fused-ring (bicyclic) bond motifs is 4. The monoisotopic (exact) mass is 599 g/mol. The van der Waals surface area contributed by atoms with Gasteiger partial charge in [-0.05, 0) is 89.5 Å². The van der Waals surface area contributed by atoms with Crippen LogP contribution in [0.15, 0.2) is 132 Å². The fourth-order valence-corrected chi connectivity index (χ4v) is 6.56. The van der Waals surface area contributed by atoms with Crippen molar-refractivity contribution < 1.29 is 8.53 Å². The van der Waals surface area contributed by atoms with Gasteiger partial charge in [-0.15, -0.1) is 0 Å². The van der Waals surface area contributed by atoms with Crippen LogP contribution in [0.4, 0.5) is 0 Å². The molecule has 2 aromatic heterocycles. The summed E-state index contributed by atoms with van der Waals surface area (Å²) in [6, 6.07) is 43.2. The van der Waals surface area contributed by atoms with Crippen molar-refractivity contribution >= 4 is 33.0 Å². The standard InChI is InChI=1S/C43H36N2O/c1-27-15-18-29(19-16-27)31-20-23-33-39(25-31)46-41-34(22-17-28(2)40(33)41)42-44-36-13-9-10-14-38(36)45(42)37-24-21-32(43(3,4)5)26-35(37)30-11-7-6-8-12-30/h6-26H,1-5H3/i1D3. The average molecular weight is 600 g/mol. The molecule has 0 bridgehead atoms. The number of aromatic nitrogens is 2. The molecule has 0 amide bonds. The summed E-state index contributed by atoms with van der Waals surface area (Å²) in [4.78, 5) is 5.27. The van der Waals surface area contributed by atoms with Crippen molar-refractivity contribution in [2.75, 3.05) is 0 Å². The molecule has 224 valence electrons. The molecule has 8 aromatic rings. The lowest BCUT2D eigenvalue weighted by Crippen LogP contribution is -2.12. The number of aryl methyl sites for hydroxylation is 2. The van der Waals surface area contributed by atoms with Crippen LogP contribution in [0, 0.1) is 13.8 Å². The van der Waals surface area contributed by atoms with Gasteiger partial charge < -0.3 is 4.42 Å². The Balaban J connectivity index is 1.36. The van der Waals surface area contributed by atoms with Gasteiger partial charge in [0, 0.05) is 20.4 Å². The third-order valence-electron chi connectivity index (χ3n) is 9.04. The van der Waals surface area contributed by atoms with Crippen molar-refractivity contribution in [2.24, 2.45) is 0 Å². The molecule has 0 saturated heterocycles. The van der Waals surface area contributed by atoms with Crippen LogP contribution >= 0.6 is 0 Å². The molecule has 0 aliphatic rings. The fraction of sp³-hybridized carbons (Fsp3) is 0.140. The van der Waals surface area contributed by atoms with E-state index in [0.29, 0.717) is 5.56 Å². The number of nitrogens with zero attached hydrogens (tertiary/aromatic N) is 2. The summed E-state index contributed by atoms with van der Waals surface area (Å²) in [6.45, 7) is 6.72. The van der Waals surface area contributed by atoms with Crippen molar-refractivity contribution in [1.29, 1.82) is 0 Å². The highest BCUT2D eigenvalue weighted by Crippen LogP contribution is 2.42. The highest BCUT2D eigenvalue weighted by atomic mass is 16.3. The van der Waals surface area contributed by atoms with Crippen LogP contribution in [0.3, 0.4) is 0 Å². The fourth-order valence-electron chi connectivity index (χ4n) is 6.56. The van der Waals surface area contributed by atoms with Gasteiger partial charge in [-0.25, -0.2) is 4.98 Å². The van der Waals surface area contributed by atoms with Crippen LogP contribution in [0.2, 0.25) is 0 Å². The van der Waals surface area contributed by atoms with E-state index in [9.17, 15) is 0 Å². The minimum absolute atomic E-state index is 0.0182. The maximum atomic E-state index is 7.74. The second-order valence-electron chi connectivity index (χ2n) is 13.1. The molecular formula is C43H36N2O. The minimum atomic E-state index is -2.14. The zero-order valence-corrected chi connectivity index (χ0v) is 26.4. The minimum Gasteiger partial charge on any atom is -0.455 e. The van der Waals surface area contributed by atoms with E-state index in [1.165, 1.54) is 5.56 Å². The Labute approximate surface area is 274 Å². The Morgan fingerprint density at radius 1 is 0.696 bits per heavy atom. The van der Waals surface area contributed by atoms with Crippen molar-refractivity contribution in [3.63, 3.8) is 0 Å². The Morgan fingerprint density at radius 2 is 1.46 bits per heavy atom. The number of hydrogen-bond donors (Lipinski definition) is 0. The van der Waals surface area contributed by atoms with E-state index in [0.717, 1.165) is 77.9 Å². The predicted octanol–water partition coefficient (Wildman–Crippen LogP) is 11.8. The number of rotatable bonds is 4. The van der Waals surface area contributed by atoms with Crippen LogP contribution in [-0.4, -0.2) is 9.55 Å². The first-order valence-corrected chi connectivity index (χ1v) is 15.7. The molecule has 46 heavy (non-hydrogen) atoms. The summed E-state index contributed by atoms with van der Waals surface area (Å²) in [7, 11) is 0. The molecule has 6 aromatic carbocycles. The second-order valence-corrected chi connectivity index (χ2v) is 13.1. The van der Waals surface area contributed by atoms with Crippen LogP contribution in [-0.2, 0) is 5.41 Å². The molecule has 0 atom stereocenters. The zero-order chi connectivity index (χ0) is 34.1. The van der Waals surface area contributed by atoms with Gasteiger partial charge in [0.15, 0.2) is 0 Å². The van der Waals surface area contributed by atoms with Crippen LogP contribution in [0.25, 0.3) is 72.3 Å². The normalized spacial score (nSPS) is 13.3. The molecular weight excluding hydrogens is 560 g/mol. The van der Waals surface area contributed by atoms with Crippen LogP contribution in [0.5, 0.6) is 0 Å². The van der Waals surface area contributed by atoms with E-state index in [1.54, 1.807) is 12.1 Å². The number of imidazole rings is 1. The molecule has 0 aliphatic heterocycles. The summed E-state index contributed by atoms with van der Waals surface area (Å²) < 4.78 is 32.3. The zero-order valence-electron chi connectivity index (χ0n) is 29.4. The third-order valence-corrected chi connectivity index (χ3v) is 9.04. The van der Waals surface area contributed by atoms with Crippen molar-refractivity contribution in [2.45, 2.75) is 40.0 Å². The SMILES string of the molecule is [2H]C([2H])([2H])c1ccc(-c2ccc3c(c2)oc2c(-c4nc5ccccc5n4-c4ccc(C(C)(C)C)cc4-c4ccccc4)ccc(C)c23)cc1. The van der Waals surface area contributed by atoms with Gasteiger partial charge in [-0.1, -0.05) is 111 Å².